The summed E-state index contributed by atoms with van der Waals surface area (Å²) >= 11 is 3.42. The van der Waals surface area contributed by atoms with Crippen LogP contribution in [0.3, 0.4) is 0 Å². The molecular weight excluding hydrogens is 406 g/mol. The van der Waals surface area contributed by atoms with Gasteiger partial charge in [0, 0.05) is 21.1 Å². The van der Waals surface area contributed by atoms with Crippen molar-refractivity contribution in [2.24, 2.45) is 0 Å². The summed E-state index contributed by atoms with van der Waals surface area (Å²) in [6.45, 7) is 2.57. The number of nitrogens with one attached hydrogen (secondary N) is 2. The molecule has 0 bridgehead atoms. The van der Waals surface area contributed by atoms with Crippen molar-refractivity contribution in [3.63, 3.8) is 0 Å². The van der Waals surface area contributed by atoms with Crippen LogP contribution in [-0.4, -0.2) is 25.7 Å². The topological polar surface area (TPSA) is 75.6 Å². The van der Waals surface area contributed by atoms with Gasteiger partial charge in [-0.15, -0.1) is 5.10 Å². The van der Waals surface area contributed by atoms with E-state index in [-0.39, 0.29) is 12.3 Å². The Hall–Kier alpha value is -2.93. The summed E-state index contributed by atoms with van der Waals surface area (Å²) < 4.78 is 2.74. The number of carbonyl (C=O) groups excluding carboxylic acids is 1. The number of amides is 1. The Balaban J connectivity index is 1.43. The second kappa shape index (κ2) is 7.36. The van der Waals surface area contributed by atoms with Crippen molar-refractivity contribution >= 4 is 38.7 Å². The van der Waals surface area contributed by atoms with E-state index in [0.29, 0.717) is 12.5 Å². The summed E-state index contributed by atoms with van der Waals surface area (Å²) in [7, 11) is 0. The number of halogens is 1. The van der Waals surface area contributed by atoms with Gasteiger partial charge < -0.3 is 4.98 Å². The molecule has 7 heteroatoms. The second-order valence-electron chi connectivity index (χ2n) is 6.39. The zero-order valence-electron chi connectivity index (χ0n) is 14.7. The quantitative estimate of drug-likeness (QED) is 0.508. The van der Waals surface area contributed by atoms with Gasteiger partial charge in [0.25, 0.3) is 0 Å². The van der Waals surface area contributed by atoms with Gasteiger partial charge >= 0.3 is 0 Å². The highest BCUT2D eigenvalue weighted by Gasteiger charge is 2.13. The molecule has 4 aromatic rings. The number of para-hydroxylation sites is 1. The lowest BCUT2D eigenvalue weighted by Crippen LogP contribution is -2.16. The first-order valence-electron chi connectivity index (χ1n) is 8.58. The summed E-state index contributed by atoms with van der Waals surface area (Å²) in [5.41, 5.74) is 4.14. The smallest absolute Gasteiger partial charge is 0.248 e. The van der Waals surface area contributed by atoms with Crippen LogP contribution in [0.25, 0.3) is 10.9 Å². The van der Waals surface area contributed by atoms with E-state index in [9.17, 15) is 4.79 Å². The molecule has 0 aliphatic heterocycles. The van der Waals surface area contributed by atoms with Crippen molar-refractivity contribution < 1.29 is 4.79 Å². The molecule has 0 spiro atoms. The number of aryl methyl sites for hydroxylation is 1. The third-order valence-electron chi connectivity index (χ3n) is 4.41. The third kappa shape index (κ3) is 3.93. The highest BCUT2D eigenvalue weighted by atomic mass is 79.9. The normalized spacial score (nSPS) is 11.0. The van der Waals surface area contributed by atoms with Crippen LogP contribution in [0, 0.1) is 6.92 Å². The number of fused-ring (bicyclic) bond motifs is 1. The fraction of sp³-hybridized carbons (Fsp3) is 0.150. The molecule has 0 aliphatic rings. The fourth-order valence-electron chi connectivity index (χ4n) is 3.10. The maximum Gasteiger partial charge on any atom is 0.248 e. The van der Waals surface area contributed by atoms with Gasteiger partial charge in [-0.05, 0) is 36.2 Å². The Morgan fingerprint density at radius 3 is 2.78 bits per heavy atom. The number of anilines is 1. The second-order valence-corrected chi connectivity index (χ2v) is 7.31. The Morgan fingerprint density at radius 2 is 1.96 bits per heavy atom. The first-order valence-corrected chi connectivity index (χ1v) is 9.38. The molecule has 136 valence electrons. The monoisotopic (exact) mass is 423 g/mol. The van der Waals surface area contributed by atoms with E-state index < -0.39 is 0 Å². The summed E-state index contributed by atoms with van der Waals surface area (Å²) in [4.78, 5) is 20.0. The average Bonchev–Trinajstić information content (AvgIpc) is 3.21. The number of carbonyl (C=O) groups is 1. The molecule has 0 aliphatic carbocycles. The van der Waals surface area contributed by atoms with Crippen LogP contribution in [-0.2, 0) is 17.8 Å². The Kier molecular flexibility index (Phi) is 4.77. The zero-order chi connectivity index (χ0) is 18.8. The molecule has 4 rings (SSSR count). The molecule has 0 radical (unpaired) electrons. The molecule has 0 saturated heterocycles. The predicted molar refractivity (Wildman–Crippen MR) is 109 cm³/mol. The van der Waals surface area contributed by atoms with E-state index in [4.69, 9.17) is 0 Å². The van der Waals surface area contributed by atoms with Gasteiger partial charge in [-0.2, -0.15) is 0 Å². The molecule has 6 nitrogen and oxygen atoms in total. The van der Waals surface area contributed by atoms with Gasteiger partial charge in [-0.1, -0.05) is 46.3 Å². The van der Waals surface area contributed by atoms with Crippen molar-refractivity contribution in [3.05, 3.63) is 76.2 Å². The molecule has 2 N–H and O–H groups in total. The summed E-state index contributed by atoms with van der Waals surface area (Å²) in [6.07, 6.45) is 1.89. The lowest BCUT2D eigenvalue weighted by Gasteiger charge is -2.03. The largest absolute Gasteiger partial charge is 0.358 e. The molecule has 0 fully saturated rings. The molecule has 1 amide bonds. The number of aromatic nitrogens is 4. The Bertz CT molecular complexity index is 1100. The molecule has 2 aromatic carbocycles. The van der Waals surface area contributed by atoms with Crippen LogP contribution in [0.2, 0.25) is 0 Å². The van der Waals surface area contributed by atoms with Crippen LogP contribution >= 0.6 is 15.9 Å². The highest BCUT2D eigenvalue weighted by molar-refractivity contribution is 9.10. The highest BCUT2D eigenvalue weighted by Crippen LogP contribution is 2.22. The van der Waals surface area contributed by atoms with E-state index in [1.54, 1.807) is 11.0 Å². The van der Waals surface area contributed by atoms with Crippen molar-refractivity contribution in [2.45, 2.75) is 19.9 Å². The Morgan fingerprint density at radius 1 is 1.19 bits per heavy atom. The van der Waals surface area contributed by atoms with Gasteiger partial charge in [0.15, 0.2) is 0 Å². The number of nitrogens with zero attached hydrogens (tertiary/aromatic N) is 3. The van der Waals surface area contributed by atoms with Crippen LogP contribution in [0.4, 0.5) is 5.95 Å². The first-order chi connectivity index (χ1) is 13.1. The minimum Gasteiger partial charge on any atom is -0.358 e. The van der Waals surface area contributed by atoms with E-state index in [0.717, 1.165) is 32.2 Å². The first kappa shape index (κ1) is 17.5. The maximum atomic E-state index is 12.5. The van der Waals surface area contributed by atoms with Gasteiger partial charge in [0.05, 0.1) is 13.0 Å². The number of benzene rings is 2. The molecule has 0 unspecified atom stereocenters. The lowest BCUT2D eigenvalue weighted by molar-refractivity contribution is -0.115. The van der Waals surface area contributed by atoms with Gasteiger partial charge in [0.1, 0.15) is 6.33 Å². The van der Waals surface area contributed by atoms with Crippen molar-refractivity contribution in [1.29, 1.82) is 0 Å². The summed E-state index contributed by atoms with van der Waals surface area (Å²) in [6, 6.07) is 16.0. The third-order valence-corrected chi connectivity index (χ3v) is 4.94. The van der Waals surface area contributed by atoms with Crippen molar-refractivity contribution in [2.75, 3.05) is 5.32 Å². The van der Waals surface area contributed by atoms with Gasteiger partial charge in [0.2, 0.25) is 11.9 Å². The van der Waals surface area contributed by atoms with Crippen molar-refractivity contribution in [3.8, 4) is 0 Å². The van der Waals surface area contributed by atoms with E-state index in [1.165, 1.54) is 0 Å². The maximum absolute atomic E-state index is 12.5. The van der Waals surface area contributed by atoms with Crippen molar-refractivity contribution in [1.82, 2.24) is 19.7 Å². The molecule has 2 aromatic heterocycles. The summed E-state index contributed by atoms with van der Waals surface area (Å²) in [5.74, 6) is 0.179. The average molecular weight is 424 g/mol. The van der Waals surface area contributed by atoms with Gasteiger partial charge in [-0.25, -0.2) is 9.67 Å². The SMILES string of the molecule is Cc1[nH]c2ccccc2c1CC(=O)Nc1ncn(Cc2ccc(Br)cc2)n1. The molecule has 0 atom stereocenters. The number of hydrogen-bond acceptors (Lipinski definition) is 3. The Labute approximate surface area is 164 Å². The lowest BCUT2D eigenvalue weighted by atomic mass is 10.1. The number of H-pyrrole nitrogens is 1. The van der Waals surface area contributed by atoms with Crippen LogP contribution < -0.4 is 5.32 Å². The minimum atomic E-state index is -0.135. The van der Waals surface area contributed by atoms with E-state index in [1.807, 2.05) is 55.5 Å². The van der Waals surface area contributed by atoms with E-state index >= 15 is 0 Å². The molecule has 0 saturated carbocycles. The zero-order valence-corrected chi connectivity index (χ0v) is 16.3. The van der Waals surface area contributed by atoms with E-state index in [2.05, 4.69) is 36.3 Å². The molecular formula is C20H18BrN5O. The fourth-order valence-corrected chi connectivity index (χ4v) is 3.36. The van der Waals surface area contributed by atoms with Crippen LogP contribution in [0.5, 0.6) is 0 Å². The molecule has 2 heterocycles. The predicted octanol–water partition coefficient (Wildman–Crippen LogP) is 4.06. The van der Waals surface area contributed by atoms with Crippen LogP contribution in [0.1, 0.15) is 16.8 Å². The number of hydrogen-bond donors (Lipinski definition) is 2. The minimum absolute atomic E-state index is 0.135. The standard InChI is InChI=1S/C20H18BrN5O/c1-13-17(16-4-2-3-5-18(16)23-13)10-19(27)24-20-22-12-26(25-20)11-14-6-8-15(21)9-7-14/h2-9,12,23H,10-11H2,1H3,(H,24,25,27). The number of aromatic amines is 1. The molecule has 27 heavy (non-hydrogen) atoms. The van der Waals surface area contributed by atoms with Gasteiger partial charge in [-0.3, -0.25) is 10.1 Å². The summed E-state index contributed by atoms with van der Waals surface area (Å²) in [5, 5.41) is 8.19. The van der Waals surface area contributed by atoms with Crippen LogP contribution in [0.15, 0.2) is 59.3 Å². The number of rotatable bonds is 5.